The molecule has 1 aromatic rings. The van der Waals surface area contributed by atoms with Crippen LogP contribution in [-0.4, -0.2) is 16.5 Å². The van der Waals surface area contributed by atoms with Gasteiger partial charge in [-0.25, -0.2) is 0 Å². The van der Waals surface area contributed by atoms with Gasteiger partial charge >= 0.3 is 0 Å². The van der Waals surface area contributed by atoms with Gasteiger partial charge in [0.05, 0.1) is 6.42 Å². The minimum absolute atomic E-state index is 0.313. The molecule has 0 aliphatic heterocycles. The molecule has 5 heteroatoms. The molecule has 0 atom stereocenters. The van der Waals surface area contributed by atoms with Crippen molar-refractivity contribution in [3.63, 3.8) is 0 Å². The summed E-state index contributed by atoms with van der Waals surface area (Å²) in [6.45, 7) is 0. The summed E-state index contributed by atoms with van der Waals surface area (Å²) in [5.41, 5.74) is 0.635. The van der Waals surface area contributed by atoms with E-state index in [9.17, 15) is 9.59 Å². The number of carbonyl (C=O) groups is 2. The van der Waals surface area contributed by atoms with Crippen LogP contribution < -0.4 is 5.32 Å². The molecule has 0 saturated heterocycles. The van der Waals surface area contributed by atoms with E-state index >= 15 is 0 Å². The maximum Gasteiger partial charge on any atom is 0.231 e. The molecule has 1 rings (SSSR count). The van der Waals surface area contributed by atoms with E-state index in [1.54, 1.807) is 24.3 Å². The Kier molecular flexibility index (Phi) is 4.59. The van der Waals surface area contributed by atoms with Gasteiger partial charge in [-0.3, -0.25) is 9.59 Å². The standard InChI is InChI=1S/C10H9Cl2NO2/c11-10(12)8(14)6-9(15)13-7-4-2-1-3-5-7/h1-5,10H,6H2,(H,13,15). The fourth-order valence-corrected chi connectivity index (χ4v) is 1.12. The highest BCUT2D eigenvalue weighted by Crippen LogP contribution is 2.09. The van der Waals surface area contributed by atoms with Gasteiger partial charge in [0.25, 0.3) is 0 Å². The van der Waals surface area contributed by atoms with Crippen molar-refractivity contribution in [3.05, 3.63) is 30.3 Å². The number of Topliss-reactive ketones (excluding diaryl/α,β-unsaturated/α-hetero) is 1. The number of carbonyl (C=O) groups excluding carboxylic acids is 2. The first-order valence-corrected chi connectivity index (χ1v) is 5.12. The fourth-order valence-electron chi connectivity index (χ4n) is 0.962. The topological polar surface area (TPSA) is 46.2 Å². The second kappa shape index (κ2) is 5.73. The molecule has 0 heterocycles. The lowest BCUT2D eigenvalue weighted by molar-refractivity contribution is -0.124. The lowest BCUT2D eigenvalue weighted by Gasteiger charge is -2.04. The zero-order valence-electron chi connectivity index (χ0n) is 7.74. The Bertz CT molecular complexity index is 352. The molecule has 80 valence electrons. The minimum atomic E-state index is -1.15. The number of hydrogen-bond donors (Lipinski definition) is 1. The second-order valence-electron chi connectivity index (χ2n) is 2.86. The molecular formula is C10H9Cl2NO2. The minimum Gasteiger partial charge on any atom is -0.326 e. The number of anilines is 1. The molecule has 0 unspecified atom stereocenters. The van der Waals surface area contributed by atoms with E-state index in [-0.39, 0.29) is 6.42 Å². The van der Waals surface area contributed by atoms with Gasteiger partial charge in [-0.05, 0) is 12.1 Å². The van der Waals surface area contributed by atoms with E-state index in [1.165, 1.54) is 0 Å². The van der Waals surface area contributed by atoms with Crippen molar-refractivity contribution >= 4 is 40.6 Å². The van der Waals surface area contributed by atoms with Gasteiger partial charge in [0, 0.05) is 5.69 Å². The number of hydrogen-bond acceptors (Lipinski definition) is 2. The van der Waals surface area contributed by atoms with E-state index in [4.69, 9.17) is 23.2 Å². The Morgan fingerprint density at radius 2 is 1.80 bits per heavy atom. The molecule has 15 heavy (non-hydrogen) atoms. The maximum atomic E-state index is 11.3. The number of ketones is 1. The molecule has 0 saturated carbocycles. The zero-order valence-corrected chi connectivity index (χ0v) is 9.26. The van der Waals surface area contributed by atoms with Gasteiger partial charge in [0.1, 0.15) is 0 Å². The molecule has 1 amide bonds. The van der Waals surface area contributed by atoms with E-state index in [0.717, 1.165) is 0 Å². The number of halogens is 2. The van der Waals surface area contributed by atoms with Crippen LogP contribution >= 0.6 is 23.2 Å². The molecule has 3 nitrogen and oxygen atoms in total. The summed E-state index contributed by atoms with van der Waals surface area (Å²) in [5.74, 6) is -0.927. The average Bonchev–Trinajstić information content (AvgIpc) is 2.18. The van der Waals surface area contributed by atoms with Crippen molar-refractivity contribution in [2.75, 3.05) is 5.32 Å². The number of benzene rings is 1. The normalized spacial score (nSPS) is 10.1. The van der Waals surface area contributed by atoms with Crippen molar-refractivity contribution in [2.45, 2.75) is 11.3 Å². The average molecular weight is 246 g/mol. The lowest BCUT2D eigenvalue weighted by Crippen LogP contribution is -2.19. The van der Waals surface area contributed by atoms with Crippen LogP contribution in [0.15, 0.2) is 30.3 Å². The monoisotopic (exact) mass is 245 g/mol. The molecule has 0 fully saturated rings. The van der Waals surface area contributed by atoms with Crippen LogP contribution in [0.3, 0.4) is 0 Å². The van der Waals surface area contributed by atoms with Crippen LogP contribution in [0.1, 0.15) is 6.42 Å². The molecule has 0 spiro atoms. The molecule has 0 radical (unpaired) electrons. The Hall–Kier alpha value is -1.06. The van der Waals surface area contributed by atoms with E-state index in [1.807, 2.05) is 6.07 Å². The van der Waals surface area contributed by atoms with Gasteiger partial charge in [-0.15, -0.1) is 0 Å². The molecule has 0 aromatic heterocycles. The Morgan fingerprint density at radius 1 is 1.20 bits per heavy atom. The van der Waals surface area contributed by atoms with Crippen LogP contribution in [-0.2, 0) is 9.59 Å². The van der Waals surface area contributed by atoms with Crippen molar-refractivity contribution in [3.8, 4) is 0 Å². The van der Waals surface area contributed by atoms with Gasteiger partial charge in [0.15, 0.2) is 10.6 Å². The molecule has 1 N–H and O–H groups in total. The lowest BCUT2D eigenvalue weighted by atomic mass is 10.2. The summed E-state index contributed by atoms with van der Waals surface area (Å²) in [5, 5.41) is 2.55. The number of rotatable bonds is 4. The van der Waals surface area contributed by atoms with Crippen molar-refractivity contribution in [1.82, 2.24) is 0 Å². The summed E-state index contributed by atoms with van der Waals surface area (Å²) in [7, 11) is 0. The predicted octanol–water partition coefficient (Wildman–Crippen LogP) is 2.39. The smallest absolute Gasteiger partial charge is 0.231 e. The Morgan fingerprint density at radius 3 is 2.33 bits per heavy atom. The predicted molar refractivity (Wildman–Crippen MR) is 60.2 cm³/mol. The van der Waals surface area contributed by atoms with E-state index < -0.39 is 16.5 Å². The van der Waals surface area contributed by atoms with Crippen molar-refractivity contribution < 1.29 is 9.59 Å². The summed E-state index contributed by atoms with van der Waals surface area (Å²) in [4.78, 5) is 21.2. The first-order chi connectivity index (χ1) is 7.09. The first-order valence-electron chi connectivity index (χ1n) is 4.25. The number of amides is 1. The third-order valence-corrected chi connectivity index (χ3v) is 2.12. The van der Waals surface area contributed by atoms with Crippen molar-refractivity contribution in [2.24, 2.45) is 0 Å². The Labute approximate surface area is 97.4 Å². The summed E-state index contributed by atoms with van der Waals surface area (Å²) in [6, 6.07) is 8.84. The van der Waals surface area contributed by atoms with Crippen LogP contribution in [0.5, 0.6) is 0 Å². The summed E-state index contributed by atoms with van der Waals surface area (Å²) < 4.78 is 0. The fraction of sp³-hybridized carbons (Fsp3) is 0.200. The number of para-hydroxylation sites is 1. The molecule has 0 bridgehead atoms. The zero-order chi connectivity index (χ0) is 11.3. The van der Waals surface area contributed by atoms with Gasteiger partial charge < -0.3 is 5.32 Å². The summed E-state index contributed by atoms with van der Waals surface area (Å²) >= 11 is 10.6. The van der Waals surface area contributed by atoms with E-state index in [0.29, 0.717) is 5.69 Å². The van der Waals surface area contributed by atoms with Crippen LogP contribution in [0, 0.1) is 0 Å². The van der Waals surface area contributed by atoms with E-state index in [2.05, 4.69) is 5.32 Å². The van der Waals surface area contributed by atoms with Crippen LogP contribution in [0.2, 0.25) is 0 Å². The third-order valence-electron chi connectivity index (χ3n) is 1.64. The largest absolute Gasteiger partial charge is 0.326 e. The second-order valence-corrected chi connectivity index (χ2v) is 3.95. The number of alkyl halides is 2. The van der Waals surface area contributed by atoms with Crippen molar-refractivity contribution in [1.29, 1.82) is 0 Å². The van der Waals surface area contributed by atoms with Gasteiger partial charge in [0.2, 0.25) is 5.91 Å². The molecule has 1 aromatic carbocycles. The highest BCUT2D eigenvalue weighted by molar-refractivity contribution is 6.54. The maximum absolute atomic E-state index is 11.3. The highest BCUT2D eigenvalue weighted by atomic mass is 35.5. The SMILES string of the molecule is O=C(CC(=O)C(Cl)Cl)Nc1ccccc1. The van der Waals surface area contributed by atoms with Crippen LogP contribution in [0.4, 0.5) is 5.69 Å². The number of nitrogens with one attached hydrogen (secondary N) is 1. The Balaban J connectivity index is 2.47. The molecular weight excluding hydrogens is 237 g/mol. The molecule has 0 aliphatic rings. The van der Waals surface area contributed by atoms with Crippen LogP contribution in [0.25, 0.3) is 0 Å². The highest BCUT2D eigenvalue weighted by Gasteiger charge is 2.15. The molecule has 0 aliphatic carbocycles. The van der Waals surface area contributed by atoms with Gasteiger partial charge in [-0.2, -0.15) is 0 Å². The van der Waals surface area contributed by atoms with Gasteiger partial charge in [-0.1, -0.05) is 41.4 Å². The third kappa shape index (κ3) is 4.32. The summed E-state index contributed by atoms with van der Waals surface area (Å²) in [6.07, 6.45) is -0.313. The quantitative estimate of drug-likeness (QED) is 0.654. The first kappa shape index (κ1) is 12.0.